The second kappa shape index (κ2) is 6.95. The van der Waals surface area contributed by atoms with Crippen molar-refractivity contribution in [1.82, 2.24) is 5.32 Å². The van der Waals surface area contributed by atoms with Gasteiger partial charge in [-0.15, -0.1) is 0 Å². The summed E-state index contributed by atoms with van der Waals surface area (Å²) in [6.07, 6.45) is 0.706. The minimum atomic E-state index is -3.70. The maximum Gasteiger partial charge on any atom is 0.309 e. The molecule has 1 N–H and O–H groups in total. The average molecular weight is 337 g/mol. The summed E-state index contributed by atoms with van der Waals surface area (Å²) in [5, 5.41) is 2.57. The van der Waals surface area contributed by atoms with E-state index in [1.807, 2.05) is 0 Å². The third-order valence-electron chi connectivity index (χ3n) is 3.75. The van der Waals surface area contributed by atoms with Crippen molar-refractivity contribution in [2.75, 3.05) is 7.11 Å². The number of hydrogen-bond acceptors (Lipinski definition) is 5. The van der Waals surface area contributed by atoms with Crippen LogP contribution in [0.4, 0.5) is 0 Å². The molecule has 1 aliphatic rings. The van der Waals surface area contributed by atoms with Gasteiger partial charge in [-0.25, -0.2) is 8.42 Å². The van der Waals surface area contributed by atoms with Gasteiger partial charge < -0.3 is 10.1 Å². The van der Waals surface area contributed by atoms with Crippen LogP contribution < -0.4 is 5.32 Å². The smallest absolute Gasteiger partial charge is 0.309 e. The molecule has 0 heterocycles. The summed E-state index contributed by atoms with van der Waals surface area (Å²) < 4.78 is 30.3. The largest absolute Gasteiger partial charge is 0.469 e. The number of benzene rings is 1. The van der Waals surface area contributed by atoms with Crippen LogP contribution in [0.3, 0.4) is 0 Å². The summed E-state index contributed by atoms with van der Waals surface area (Å²) >= 11 is 0. The van der Waals surface area contributed by atoms with Gasteiger partial charge in [0, 0.05) is 19.0 Å². The molecule has 1 unspecified atom stereocenters. The highest BCUT2D eigenvalue weighted by Gasteiger charge is 2.33. The van der Waals surface area contributed by atoms with Gasteiger partial charge in [-0.2, -0.15) is 0 Å². The van der Waals surface area contributed by atoms with E-state index in [2.05, 4.69) is 5.32 Å². The van der Waals surface area contributed by atoms with Gasteiger partial charge in [0.2, 0.25) is 15.7 Å². The first-order chi connectivity index (χ1) is 10.9. The highest BCUT2D eigenvalue weighted by Crippen LogP contribution is 2.34. The molecule has 0 aliphatic heterocycles. The first kappa shape index (κ1) is 17.2. The Morgan fingerprint density at radius 1 is 1.22 bits per heavy atom. The molecular weight excluding hydrogens is 318 g/mol. The lowest BCUT2D eigenvalue weighted by molar-refractivity contribution is -0.145. The normalized spacial score (nSPS) is 18.4. The zero-order valence-corrected chi connectivity index (χ0v) is 13.9. The third-order valence-corrected chi connectivity index (χ3v) is 5.74. The molecule has 0 saturated carbocycles. The van der Waals surface area contributed by atoms with E-state index in [1.54, 1.807) is 18.2 Å². The van der Waals surface area contributed by atoms with E-state index in [0.29, 0.717) is 6.42 Å². The summed E-state index contributed by atoms with van der Waals surface area (Å²) in [6, 6.07) is 8.05. The Bertz CT molecular complexity index is 737. The molecule has 0 radical (unpaired) electrons. The Morgan fingerprint density at radius 3 is 2.43 bits per heavy atom. The molecule has 1 atom stereocenters. The number of hydrogen-bond donors (Lipinski definition) is 1. The summed E-state index contributed by atoms with van der Waals surface area (Å²) in [6.45, 7) is 1.31. The molecule has 2 rings (SSSR count). The van der Waals surface area contributed by atoms with E-state index in [-0.39, 0.29) is 34.2 Å². The van der Waals surface area contributed by atoms with E-state index in [9.17, 15) is 18.0 Å². The molecule has 6 nitrogen and oxygen atoms in total. The van der Waals surface area contributed by atoms with E-state index in [0.717, 1.165) is 0 Å². The van der Waals surface area contributed by atoms with Crippen LogP contribution in [0.2, 0.25) is 0 Å². The lowest BCUT2D eigenvalue weighted by Gasteiger charge is -2.25. The molecule has 124 valence electrons. The number of ether oxygens (including phenoxy) is 1. The molecule has 7 heteroatoms. The van der Waals surface area contributed by atoms with Crippen molar-refractivity contribution in [3.63, 3.8) is 0 Å². The van der Waals surface area contributed by atoms with Crippen LogP contribution in [-0.4, -0.2) is 27.4 Å². The minimum absolute atomic E-state index is 0.146. The number of carbonyl (C=O) groups excluding carboxylic acids is 2. The van der Waals surface area contributed by atoms with Gasteiger partial charge in [-0.3, -0.25) is 9.59 Å². The molecule has 0 spiro atoms. The fourth-order valence-corrected chi connectivity index (χ4v) is 4.30. The fraction of sp³-hybridized carbons (Fsp3) is 0.375. The third kappa shape index (κ3) is 3.79. The van der Waals surface area contributed by atoms with Crippen molar-refractivity contribution < 1.29 is 22.7 Å². The van der Waals surface area contributed by atoms with Crippen LogP contribution in [0.1, 0.15) is 26.2 Å². The van der Waals surface area contributed by atoms with Crippen molar-refractivity contribution in [3.05, 3.63) is 40.9 Å². The number of esters is 1. The van der Waals surface area contributed by atoms with Crippen LogP contribution in [0.5, 0.6) is 0 Å². The second-order valence-corrected chi connectivity index (χ2v) is 7.33. The summed E-state index contributed by atoms with van der Waals surface area (Å²) in [5.74, 6) is -1.22. The molecule has 1 aromatic rings. The Balaban J connectivity index is 2.45. The van der Waals surface area contributed by atoms with Gasteiger partial charge in [-0.05, 0) is 25.0 Å². The molecule has 0 fully saturated rings. The molecule has 0 aromatic heterocycles. The minimum Gasteiger partial charge on any atom is -0.469 e. The standard InChI is InChI=1S/C16H19NO5S/c1-11(18)17-14-10-12(16(19)22-2)8-9-15(14)23(20,21)13-6-4-3-5-7-13/h3-7,12H,8-10H2,1-2H3,(H,17,18). The molecule has 1 aliphatic carbocycles. The van der Waals surface area contributed by atoms with Crippen molar-refractivity contribution in [1.29, 1.82) is 0 Å². The first-order valence-electron chi connectivity index (χ1n) is 7.24. The lowest BCUT2D eigenvalue weighted by atomic mass is 9.92. The Labute approximate surface area is 135 Å². The summed E-state index contributed by atoms with van der Waals surface area (Å²) in [7, 11) is -2.41. The van der Waals surface area contributed by atoms with Gasteiger partial charge in [0.15, 0.2) is 0 Å². The van der Waals surface area contributed by atoms with Gasteiger partial charge in [0.1, 0.15) is 0 Å². The molecule has 23 heavy (non-hydrogen) atoms. The maximum absolute atomic E-state index is 12.8. The van der Waals surface area contributed by atoms with Crippen LogP contribution in [0.15, 0.2) is 45.8 Å². The fourth-order valence-electron chi connectivity index (χ4n) is 2.66. The summed E-state index contributed by atoms with van der Waals surface area (Å²) in [4.78, 5) is 23.5. The molecule has 1 amide bonds. The number of rotatable bonds is 4. The SMILES string of the molecule is COC(=O)C1CCC(S(=O)(=O)c2ccccc2)=C(NC(C)=O)C1. The topological polar surface area (TPSA) is 89.5 Å². The predicted molar refractivity (Wildman–Crippen MR) is 83.8 cm³/mol. The molecular formula is C16H19NO5S. The number of sulfone groups is 1. The zero-order valence-electron chi connectivity index (χ0n) is 13.0. The lowest BCUT2D eigenvalue weighted by Crippen LogP contribution is -2.31. The highest BCUT2D eigenvalue weighted by atomic mass is 32.2. The number of carbonyl (C=O) groups is 2. The van der Waals surface area contributed by atoms with Gasteiger partial charge in [-0.1, -0.05) is 18.2 Å². The maximum atomic E-state index is 12.8. The number of nitrogens with one attached hydrogen (secondary N) is 1. The Kier molecular flexibility index (Phi) is 5.20. The van der Waals surface area contributed by atoms with Gasteiger partial charge in [0.25, 0.3) is 0 Å². The van der Waals surface area contributed by atoms with Crippen LogP contribution in [0.25, 0.3) is 0 Å². The van der Waals surface area contributed by atoms with Crippen LogP contribution >= 0.6 is 0 Å². The Hall–Kier alpha value is -2.15. The van der Waals surface area contributed by atoms with Crippen LogP contribution in [0, 0.1) is 5.92 Å². The van der Waals surface area contributed by atoms with Crippen molar-refractivity contribution >= 4 is 21.7 Å². The number of methoxy groups -OCH3 is 1. The first-order valence-corrected chi connectivity index (χ1v) is 8.72. The van der Waals surface area contributed by atoms with Gasteiger partial charge in [0.05, 0.1) is 22.8 Å². The van der Waals surface area contributed by atoms with E-state index < -0.39 is 21.7 Å². The number of amides is 1. The van der Waals surface area contributed by atoms with E-state index in [4.69, 9.17) is 4.74 Å². The molecule has 0 saturated heterocycles. The second-order valence-electron chi connectivity index (χ2n) is 5.36. The highest BCUT2D eigenvalue weighted by molar-refractivity contribution is 7.95. The summed E-state index contributed by atoms with van der Waals surface area (Å²) in [5.41, 5.74) is 0.281. The van der Waals surface area contributed by atoms with Crippen molar-refractivity contribution in [2.45, 2.75) is 31.1 Å². The van der Waals surface area contributed by atoms with Crippen molar-refractivity contribution in [3.8, 4) is 0 Å². The van der Waals surface area contributed by atoms with Crippen LogP contribution in [-0.2, 0) is 24.2 Å². The monoisotopic (exact) mass is 337 g/mol. The predicted octanol–water partition coefficient (Wildman–Crippen LogP) is 1.78. The average Bonchev–Trinajstić information content (AvgIpc) is 2.54. The number of allylic oxidation sites excluding steroid dienone is 2. The Morgan fingerprint density at radius 2 is 1.87 bits per heavy atom. The zero-order chi connectivity index (χ0) is 17.0. The van der Waals surface area contributed by atoms with E-state index in [1.165, 1.54) is 26.2 Å². The quantitative estimate of drug-likeness (QED) is 0.846. The van der Waals surface area contributed by atoms with Crippen molar-refractivity contribution in [2.24, 2.45) is 5.92 Å². The van der Waals surface area contributed by atoms with E-state index >= 15 is 0 Å². The molecule has 0 bridgehead atoms. The van der Waals surface area contributed by atoms with Gasteiger partial charge >= 0.3 is 5.97 Å². The molecule has 1 aromatic carbocycles.